The van der Waals surface area contributed by atoms with Gasteiger partial charge < -0.3 is 10.2 Å². The SMILES string of the molecule is Cc1oc2ncccc2c1C.NC=O. The Hall–Kier alpha value is -1.84. The van der Waals surface area contributed by atoms with Crippen LogP contribution in [0.4, 0.5) is 0 Å². The van der Waals surface area contributed by atoms with Crippen LogP contribution in [-0.4, -0.2) is 11.4 Å². The van der Waals surface area contributed by atoms with E-state index in [0.717, 1.165) is 16.9 Å². The molecule has 0 unspecified atom stereocenters. The van der Waals surface area contributed by atoms with E-state index in [1.54, 1.807) is 6.20 Å². The molecule has 0 aliphatic rings. The third-order valence-electron chi connectivity index (χ3n) is 1.95. The summed E-state index contributed by atoms with van der Waals surface area (Å²) in [6.07, 6.45) is 1.99. The van der Waals surface area contributed by atoms with Crippen LogP contribution in [0.3, 0.4) is 0 Å². The topological polar surface area (TPSA) is 69.1 Å². The Labute approximate surface area is 81.7 Å². The lowest BCUT2D eigenvalue weighted by atomic mass is 10.2. The van der Waals surface area contributed by atoms with Crippen molar-refractivity contribution in [3.05, 3.63) is 29.7 Å². The Morgan fingerprint density at radius 1 is 1.50 bits per heavy atom. The number of nitrogens with two attached hydrogens (primary N) is 1. The number of nitrogens with zero attached hydrogens (tertiary/aromatic N) is 1. The molecule has 0 aliphatic heterocycles. The van der Waals surface area contributed by atoms with E-state index in [-0.39, 0.29) is 6.41 Å². The molecule has 2 aromatic rings. The molecule has 0 saturated heterocycles. The molecule has 4 nitrogen and oxygen atoms in total. The summed E-state index contributed by atoms with van der Waals surface area (Å²) < 4.78 is 5.39. The third kappa shape index (κ3) is 1.90. The first-order valence-electron chi connectivity index (χ1n) is 4.16. The minimum absolute atomic E-state index is 0.250. The van der Waals surface area contributed by atoms with Crippen molar-refractivity contribution in [1.29, 1.82) is 0 Å². The number of aryl methyl sites for hydroxylation is 2. The first-order valence-corrected chi connectivity index (χ1v) is 4.16. The number of hydrogen-bond acceptors (Lipinski definition) is 3. The highest BCUT2D eigenvalue weighted by atomic mass is 16.3. The fourth-order valence-electron chi connectivity index (χ4n) is 1.17. The fraction of sp³-hybridized carbons (Fsp3) is 0.200. The molecule has 1 amide bonds. The van der Waals surface area contributed by atoms with E-state index >= 15 is 0 Å². The van der Waals surface area contributed by atoms with Crippen molar-refractivity contribution in [2.45, 2.75) is 13.8 Å². The number of hydrogen-bond donors (Lipinski definition) is 1. The van der Waals surface area contributed by atoms with Gasteiger partial charge in [-0.25, -0.2) is 4.98 Å². The van der Waals surface area contributed by atoms with Gasteiger partial charge in [0.25, 0.3) is 0 Å². The molecule has 0 spiro atoms. The molecule has 0 radical (unpaired) electrons. The summed E-state index contributed by atoms with van der Waals surface area (Å²) in [5.74, 6) is 0.957. The van der Waals surface area contributed by atoms with Gasteiger partial charge in [0.2, 0.25) is 12.1 Å². The monoisotopic (exact) mass is 192 g/mol. The van der Waals surface area contributed by atoms with Crippen molar-refractivity contribution in [3.63, 3.8) is 0 Å². The summed E-state index contributed by atoms with van der Waals surface area (Å²) in [6.45, 7) is 4.00. The van der Waals surface area contributed by atoms with Gasteiger partial charge in [-0.2, -0.15) is 0 Å². The van der Waals surface area contributed by atoms with Crippen molar-refractivity contribution in [2.75, 3.05) is 0 Å². The quantitative estimate of drug-likeness (QED) is 0.644. The largest absolute Gasteiger partial charge is 0.443 e. The Bertz CT molecular complexity index is 435. The van der Waals surface area contributed by atoms with E-state index in [0.29, 0.717) is 0 Å². The Morgan fingerprint density at radius 3 is 2.71 bits per heavy atom. The first kappa shape index (κ1) is 10.2. The number of aromatic nitrogens is 1. The lowest BCUT2D eigenvalue weighted by molar-refractivity contribution is -0.106. The highest BCUT2D eigenvalue weighted by molar-refractivity contribution is 5.78. The van der Waals surface area contributed by atoms with Gasteiger partial charge >= 0.3 is 0 Å². The van der Waals surface area contributed by atoms with Gasteiger partial charge in [0.1, 0.15) is 5.76 Å². The van der Waals surface area contributed by atoms with Crippen LogP contribution in [0.25, 0.3) is 11.1 Å². The number of rotatable bonds is 0. The summed E-state index contributed by atoms with van der Waals surface area (Å²) in [7, 11) is 0. The second-order valence-corrected chi connectivity index (χ2v) is 2.78. The van der Waals surface area contributed by atoms with E-state index in [1.807, 2.05) is 26.0 Å². The maximum absolute atomic E-state index is 8.58. The molecule has 0 aromatic carbocycles. The molecule has 74 valence electrons. The molecule has 0 aliphatic carbocycles. The number of amides is 1. The number of carbonyl (C=O) groups is 1. The van der Waals surface area contributed by atoms with Crippen LogP contribution in [0.1, 0.15) is 11.3 Å². The van der Waals surface area contributed by atoms with Gasteiger partial charge in [-0.05, 0) is 31.5 Å². The predicted octanol–water partition coefficient (Wildman–Crippen LogP) is 1.55. The van der Waals surface area contributed by atoms with Crippen LogP contribution in [0.2, 0.25) is 0 Å². The zero-order valence-corrected chi connectivity index (χ0v) is 8.15. The van der Waals surface area contributed by atoms with Gasteiger partial charge in [0.15, 0.2) is 0 Å². The van der Waals surface area contributed by atoms with Crippen LogP contribution < -0.4 is 5.73 Å². The smallest absolute Gasteiger partial charge is 0.226 e. The second kappa shape index (κ2) is 4.41. The van der Waals surface area contributed by atoms with Crippen LogP contribution in [0.15, 0.2) is 22.7 Å². The second-order valence-electron chi connectivity index (χ2n) is 2.78. The van der Waals surface area contributed by atoms with Crippen molar-refractivity contribution >= 4 is 17.5 Å². The number of pyridine rings is 1. The number of furan rings is 1. The highest BCUT2D eigenvalue weighted by Crippen LogP contribution is 2.21. The molecule has 0 bridgehead atoms. The summed E-state index contributed by atoms with van der Waals surface area (Å²) in [4.78, 5) is 12.7. The molecule has 2 heterocycles. The fourth-order valence-corrected chi connectivity index (χ4v) is 1.17. The van der Waals surface area contributed by atoms with Gasteiger partial charge in [-0.15, -0.1) is 0 Å². The average molecular weight is 192 g/mol. The Balaban J connectivity index is 0.000000293. The summed E-state index contributed by atoms with van der Waals surface area (Å²) in [6, 6.07) is 3.94. The summed E-state index contributed by atoms with van der Waals surface area (Å²) in [5.41, 5.74) is 6.09. The Morgan fingerprint density at radius 2 is 2.14 bits per heavy atom. The molecule has 2 aromatic heterocycles. The predicted molar refractivity (Wildman–Crippen MR) is 53.7 cm³/mol. The standard InChI is InChI=1S/C9H9NO.CH3NO/c1-6-7(2)11-9-8(6)4-3-5-10-9;2-1-3/h3-5H,1-2H3;1H,(H2,2,3). The number of carbonyl (C=O) groups excluding carboxylic acids is 1. The minimum atomic E-state index is 0.250. The normalized spacial score (nSPS) is 9.29. The highest BCUT2D eigenvalue weighted by Gasteiger charge is 2.04. The first-order chi connectivity index (χ1) is 6.70. The summed E-state index contributed by atoms with van der Waals surface area (Å²) >= 11 is 0. The molecule has 4 heteroatoms. The van der Waals surface area contributed by atoms with Gasteiger partial charge in [0, 0.05) is 11.6 Å². The molecule has 14 heavy (non-hydrogen) atoms. The lowest BCUT2D eigenvalue weighted by Gasteiger charge is -1.84. The van der Waals surface area contributed by atoms with E-state index in [9.17, 15) is 0 Å². The maximum Gasteiger partial charge on any atom is 0.226 e. The van der Waals surface area contributed by atoms with Gasteiger partial charge in [-0.3, -0.25) is 4.79 Å². The molecule has 0 saturated carbocycles. The average Bonchev–Trinajstić information content (AvgIpc) is 2.45. The molecule has 2 rings (SSSR count). The zero-order valence-electron chi connectivity index (χ0n) is 8.15. The molecular formula is C10H12N2O2. The number of primary amides is 1. The minimum Gasteiger partial charge on any atom is -0.443 e. The molecular weight excluding hydrogens is 180 g/mol. The molecule has 0 fully saturated rings. The van der Waals surface area contributed by atoms with Crippen molar-refractivity contribution in [2.24, 2.45) is 5.73 Å². The van der Waals surface area contributed by atoms with E-state index < -0.39 is 0 Å². The van der Waals surface area contributed by atoms with Crippen LogP contribution >= 0.6 is 0 Å². The van der Waals surface area contributed by atoms with Crippen LogP contribution in [0.5, 0.6) is 0 Å². The van der Waals surface area contributed by atoms with Crippen molar-refractivity contribution in [1.82, 2.24) is 4.98 Å². The van der Waals surface area contributed by atoms with Crippen LogP contribution in [0, 0.1) is 13.8 Å². The van der Waals surface area contributed by atoms with E-state index in [2.05, 4.69) is 10.7 Å². The van der Waals surface area contributed by atoms with Gasteiger partial charge in [-0.1, -0.05) is 0 Å². The van der Waals surface area contributed by atoms with Crippen molar-refractivity contribution in [3.8, 4) is 0 Å². The molecule has 0 atom stereocenters. The van der Waals surface area contributed by atoms with E-state index in [1.165, 1.54) is 5.56 Å². The van der Waals surface area contributed by atoms with Gasteiger partial charge in [0.05, 0.1) is 0 Å². The van der Waals surface area contributed by atoms with Crippen molar-refractivity contribution < 1.29 is 9.21 Å². The molecule has 2 N–H and O–H groups in total. The maximum atomic E-state index is 8.58. The van der Waals surface area contributed by atoms with E-state index in [4.69, 9.17) is 9.21 Å². The number of fused-ring (bicyclic) bond motifs is 1. The lowest BCUT2D eigenvalue weighted by Crippen LogP contribution is -1.82. The summed E-state index contributed by atoms with van der Waals surface area (Å²) in [5, 5.41) is 1.12. The zero-order chi connectivity index (χ0) is 10.6. The third-order valence-corrected chi connectivity index (χ3v) is 1.95. The Kier molecular flexibility index (Phi) is 3.23. The van der Waals surface area contributed by atoms with Crippen LogP contribution in [-0.2, 0) is 4.79 Å².